The molecule has 31 heavy (non-hydrogen) atoms. The summed E-state index contributed by atoms with van der Waals surface area (Å²) in [6, 6.07) is 15.3. The fourth-order valence-corrected chi connectivity index (χ4v) is 4.50. The molecule has 0 aliphatic carbocycles. The maximum Gasteiger partial charge on any atom is 0.280 e. The first-order chi connectivity index (χ1) is 15.2. The molecule has 1 aliphatic rings. The number of ether oxygens (including phenoxy) is 2. The minimum absolute atomic E-state index is 0.227. The Morgan fingerprint density at radius 2 is 1.97 bits per heavy atom. The second-order valence-electron chi connectivity index (χ2n) is 7.06. The number of morpholine rings is 1. The predicted molar refractivity (Wildman–Crippen MR) is 121 cm³/mol. The minimum atomic E-state index is -0.330. The summed E-state index contributed by atoms with van der Waals surface area (Å²) in [6.45, 7) is 3.12. The molecular weight excluding hydrogens is 414 g/mol. The van der Waals surface area contributed by atoms with Crippen molar-refractivity contribution in [1.82, 2.24) is 14.8 Å². The third-order valence-corrected chi connectivity index (χ3v) is 6.13. The van der Waals surface area contributed by atoms with E-state index >= 15 is 0 Å². The quantitative estimate of drug-likeness (QED) is 0.516. The highest BCUT2D eigenvalue weighted by molar-refractivity contribution is 7.22. The summed E-state index contributed by atoms with van der Waals surface area (Å²) in [5, 5.41) is 8.33. The van der Waals surface area contributed by atoms with Crippen LogP contribution in [-0.4, -0.2) is 54.1 Å². The van der Waals surface area contributed by atoms with E-state index in [4.69, 9.17) is 14.5 Å². The van der Waals surface area contributed by atoms with Gasteiger partial charge in [0, 0.05) is 18.8 Å². The average Bonchev–Trinajstić information content (AvgIpc) is 3.44. The van der Waals surface area contributed by atoms with Crippen LogP contribution in [0, 0.1) is 0 Å². The Hall–Kier alpha value is -3.43. The molecule has 2 aromatic carbocycles. The number of hydrogen-bond acceptors (Lipinski definition) is 7. The van der Waals surface area contributed by atoms with Crippen LogP contribution in [0.5, 0.6) is 5.75 Å². The molecule has 0 unspecified atom stereocenters. The molecule has 0 saturated carbocycles. The maximum absolute atomic E-state index is 12.9. The SMILES string of the molecule is COc1cn(-c2ccccc2)nc1C(=O)Nc1ccc2nc(N3CCOCC3)sc2c1. The predicted octanol–water partition coefficient (Wildman–Crippen LogP) is 3.58. The molecule has 158 valence electrons. The van der Waals surface area contributed by atoms with E-state index in [1.54, 1.807) is 22.2 Å². The number of nitrogens with zero attached hydrogens (tertiary/aromatic N) is 4. The van der Waals surface area contributed by atoms with Gasteiger partial charge in [0.05, 0.1) is 42.4 Å². The lowest BCUT2D eigenvalue weighted by Gasteiger charge is -2.25. The number of fused-ring (bicyclic) bond motifs is 1. The van der Waals surface area contributed by atoms with E-state index < -0.39 is 0 Å². The van der Waals surface area contributed by atoms with Gasteiger partial charge in [0.25, 0.3) is 5.91 Å². The first-order valence-corrected chi connectivity index (χ1v) is 10.8. The van der Waals surface area contributed by atoms with Gasteiger partial charge in [-0.25, -0.2) is 9.67 Å². The third kappa shape index (κ3) is 3.97. The molecule has 4 aromatic rings. The summed E-state index contributed by atoms with van der Waals surface area (Å²) in [4.78, 5) is 19.9. The van der Waals surface area contributed by atoms with Crippen molar-refractivity contribution in [3.8, 4) is 11.4 Å². The highest BCUT2D eigenvalue weighted by atomic mass is 32.1. The van der Waals surface area contributed by atoms with E-state index in [1.165, 1.54) is 7.11 Å². The molecule has 1 saturated heterocycles. The Morgan fingerprint density at radius 1 is 1.16 bits per heavy atom. The lowest BCUT2D eigenvalue weighted by atomic mass is 10.3. The smallest absolute Gasteiger partial charge is 0.280 e. The molecule has 8 nitrogen and oxygen atoms in total. The van der Waals surface area contributed by atoms with Crippen molar-refractivity contribution in [1.29, 1.82) is 0 Å². The van der Waals surface area contributed by atoms with E-state index in [0.29, 0.717) is 24.7 Å². The molecule has 5 rings (SSSR count). The number of methoxy groups -OCH3 is 1. The number of carbonyl (C=O) groups is 1. The fourth-order valence-electron chi connectivity index (χ4n) is 3.45. The van der Waals surface area contributed by atoms with Gasteiger partial charge >= 0.3 is 0 Å². The monoisotopic (exact) mass is 435 g/mol. The second-order valence-corrected chi connectivity index (χ2v) is 8.07. The van der Waals surface area contributed by atoms with Crippen molar-refractivity contribution in [2.75, 3.05) is 43.6 Å². The number of carbonyl (C=O) groups excluding carboxylic acids is 1. The molecule has 1 aliphatic heterocycles. The van der Waals surface area contributed by atoms with Crippen molar-refractivity contribution < 1.29 is 14.3 Å². The van der Waals surface area contributed by atoms with Gasteiger partial charge in [0.2, 0.25) is 0 Å². The molecule has 2 aromatic heterocycles. The first kappa shape index (κ1) is 19.5. The molecule has 9 heteroatoms. The van der Waals surface area contributed by atoms with Gasteiger partial charge in [-0.1, -0.05) is 29.5 Å². The van der Waals surface area contributed by atoms with E-state index in [2.05, 4.69) is 15.3 Å². The molecule has 1 amide bonds. The zero-order chi connectivity index (χ0) is 21.2. The number of rotatable bonds is 5. The van der Waals surface area contributed by atoms with Crippen molar-refractivity contribution in [2.45, 2.75) is 0 Å². The summed E-state index contributed by atoms with van der Waals surface area (Å²) in [5.41, 5.74) is 2.67. The number of hydrogen-bond donors (Lipinski definition) is 1. The number of thiazole rings is 1. The van der Waals surface area contributed by atoms with E-state index in [9.17, 15) is 4.79 Å². The number of anilines is 2. The summed E-state index contributed by atoms with van der Waals surface area (Å²) >= 11 is 1.61. The van der Waals surface area contributed by atoms with Crippen LogP contribution < -0.4 is 15.0 Å². The Kier molecular flexibility index (Phi) is 5.27. The molecule has 3 heterocycles. The average molecular weight is 436 g/mol. The van der Waals surface area contributed by atoms with Crippen molar-refractivity contribution >= 4 is 38.3 Å². The Bertz CT molecular complexity index is 1210. The molecule has 0 spiro atoms. The van der Waals surface area contributed by atoms with Crippen LogP contribution in [0.25, 0.3) is 15.9 Å². The highest BCUT2D eigenvalue weighted by Gasteiger charge is 2.20. The zero-order valence-corrected chi connectivity index (χ0v) is 17.8. The number of benzene rings is 2. The van der Waals surface area contributed by atoms with E-state index in [0.717, 1.165) is 34.1 Å². The van der Waals surface area contributed by atoms with Crippen LogP contribution in [0.3, 0.4) is 0 Å². The maximum atomic E-state index is 12.9. The normalized spacial score (nSPS) is 14.0. The molecule has 0 radical (unpaired) electrons. The van der Waals surface area contributed by atoms with Gasteiger partial charge in [-0.15, -0.1) is 0 Å². The second kappa shape index (κ2) is 8.37. The van der Waals surface area contributed by atoms with Crippen LogP contribution in [0.1, 0.15) is 10.5 Å². The number of nitrogens with one attached hydrogen (secondary N) is 1. The van der Waals surface area contributed by atoms with E-state index in [-0.39, 0.29) is 11.6 Å². The van der Waals surface area contributed by atoms with Gasteiger partial charge in [-0.3, -0.25) is 4.79 Å². The van der Waals surface area contributed by atoms with Crippen LogP contribution in [0.15, 0.2) is 54.7 Å². The van der Waals surface area contributed by atoms with Crippen LogP contribution in [0.4, 0.5) is 10.8 Å². The Balaban J connectivity index is 1.38. The van der Waals surface area contributed by atoms with Gasteiger partial charge in [0.15, 0.2) is 16.6 Å². The van der Waals surface area contributed by atoms with Crippen molar-refractivity contribution in [2.24, 2.45) is 0 Å². The Labute approximate surface area is 183 Å². The van der Waals surface area contributed by atoms with Crippen molar-refractivity contribution in [3.05, 3.63) is 60.4 Å². The topological polar surface area (TPSA) is 81.5 Å². The van der Waals surface area contributed by atoms with Crippen LogP contribution >= 0.6 is 11.3 Å². The lowest BCUT2D eigenvalue weighted by Crippen LogP contribution is -2.36. The fraction of sp³-hybridized carbons (Fsp3) is 0.227. The molecule has 1 N–H and O–H groups in total. The van der Waals surface area contributed by atoms with Crippen LogP contribution in [-0.2, 0) is 4.74 Å². The standard InChI is InChI=1S/C22H21N5O3S/c1-29-18-14-27(16-5-3-2-4-6-16)25-20(18)21(28)23-15-7-8-17-19(13-15)31-22(24-17)26-9-11-30-12-10-26/h2-8,13-14H,9-12H2,1H3,(H,23,28). The zero-order valence-electron chi connectivity index (χ0n) is 16.9. The Morgan fingerprint density at radius 3 is 2.74 bits per heavy atom. The lowest BCUT2D eigenvalue weighted by molar-refractivity contribution is 0.101. The molecular formula is C22H21N5O3S. The third-order valence-electron chi connectivity index (χ3n) is 5.05. The number of para-hydroxylation sites is 1. The molecule has 0 bridgehead atoms. The van der Waals surface area contributed by atoms with Crippen LogP contribution in [0.2, 0.25) is 0 Å². The van der Waals surface area contributed by atoms with Crippen molar-refractivity contribution in [3.63, 3.8) is 0 Å². The van der Waals surface area contributed by atoms with Gasteiger partial charge in [-0.05, 0) is 30.3 Å². The summed E-state index contributed by atoms with van der Waals surface area (Å²) in [7, 11) is 1.53. The number of amides is 1. The minimum Gasteiger partial charge on any atom is -0.493 e. The molecule has 0 atom stereocenters. The summed E-state index contributed by atoms with van der Waals surface area (Å²) in [6.07, 6.45) is 1.70. The largest absolute Gasteiger partial charge is 0.493 e. The number of aromatic nitrogens is 3. The summed E-state index contributed by atoms with van der Waals surface area (Å²) in [5.74, 6) is 0.0821. The van der Waals surface area contributed by atoms with Gasteiger partial charge < -0.3 is 19.7 Å². The van der Waals surface area contributed by atoms with Gasteiger partial charge in [-0.2, -0.15) is 5.10 Å². The summed E-state index contributed by atoms with van der Waals surface area (Å²) < 4.78 is 13.4. The first-order valence-electron chi connectivity index (χ1n) is 9.95. The highest BCUT2D eigenvalue weighted by Crippen LogP contribution is 2.31. The molecule has 1 fully saturated rings. The van der Waals surface area contributed by atoms with E-state index in [1.807, 2.05) is 48.5 Å². The van der Waals surface area contributed by atoms with Gasteiger partial charge in [0.1, 0.15) is 0 Å².